The zero-order chi connectivity index (χ0) is 9.90. The summed E-state index contributed by atoms with van der Waals surface area (Å²) in [5, 5.41) is 0. The molecule has 0 aliphatic carbocycles. The number of hydrogen-bond acceptors (Lipinski definition) is 0. The molecule has 2 heteroatoms. The van der Waals surface area contributed by atoms with Gasteiger partial charge in [0.05, 0.1) is 5.56 Å². The molecule has 0 bridgehead atoms. The Balaban J connectivity index is 3.27. The molecule has 0 unspecified atom stereocenters. The second-order valence-corrected chi connectivity index (χ2v) is 1.83. The van der Waals surface area contributed by atoms with Crippen molar-refractivity contribution < 1.29 is 8.90 Å². The van der Waals surface area contributed by atoms with Crippen LogP contribution in [0.25, 0.3) is 5.53 Å². The molecule has 10 heavy (non-hydrogen) atoms. The lowest BCUT2D eigenvalue weighted by Gasteiger charge is -1.90. The Morgan fingerprint density at radius 3 is 3.10 bits per heavy atom. The predicted octanol–water partition coefficient (Wildman–Crippen LogP) is 1.64. The van der Waals surface area contributed by atoms with Crippen LogP contribution >= 0.6 is 0 Å². The van der Waals surface area contributed by atoms with Crippen molar-refractivity contribution in [2.75, 3.05) is 0 Å². The Morgan fingerprint density at radius 2 is 2.40 bits per heavy atom. The molecule has 0 aliphatic heterocycles. The molecule has 0 fully saturated rings. The maximum atomic E-state index is 8.30. The Labute approximate surface area is 64.0 Å². The first-order valence-corrected chi connectivity index (χ1v) is 2.82. The van der Waals surface area contributed by atoms with E-state index in [-0.39, 0.29) is 5.56 Å². The van der Waals surface area contributed by atoms with Crippen molar-refractivity contribution in [2.45, 2.75) is 6.85 Å². The first-order valence-electron chi connectivity index (χ1n) is 4.32. The van der Waals surface area contributed by atoms with Gasteiger partial charge in [0.1, 0.15) is 0 Å². The van der Waals surface area contributed by atoms with Crippen LogP contribution in [0.15, 0.2) is 24.3 Å². The van der Waals surface area contributed by atoms with Gasteiger partial charge >= 0.3 is 0 Å². The fourth-order valence-electron chi connectivity index (χ4n) is 0.672. The van der Waals surface area contributed by atoms with Crippen molar-refractivity contribution in [3.05, 3.63) is 40.9 Å². The van der Waals surface area contributed by atoms with E-state index in [1.54, 1.807) is 18.2 Å². The Hall–Kier alpha value is -1.40. The summed E-state index contributed by atoms with van der Waals surface area (Å²) in [5.74, 6) is 0. The minimum absolute atomic E-state index is 0.188. The van der Waals surface area contributed by atoms with E-state index >= 15 is 0 Å². The standard InChI is InChI=1S/C8H8N2/c1-7-4-2-3-5-8(7)6-10-9/h2-6H,1H3/i1D3. The van der Waals surface area contributed by atoms with Gasteiger partial charge in [-0.05, 0) is 18.5 Å². The SMILES string of the molecule is [2H]C([2H])([2H])c1ccccc1C=[N+]=[N-]. The van der Waals surface area contributed by atoms with Crippen molar-refractivity contribution in [1.29, 1.82) is 0 Å². The number of hydrogen-bond donors (Lipinski definition) is 0. The largest absolute Gasteiger partial charge is 0.361 e. The topological polar surface area (TPSA) is 36.4 Å². The molecule has 0 N–H and O–H groups in total. The average molecular weight is 135 g/mol. The number of benzene rings is 1. The summed E-state index contributed by atoms with van der Waals surface area (Å²) in [6, 6.07) is 6.40. The third kappa shape index (κ3) is 1.30. The van der Waals surface area contributed by atoms with E-state index < -0.39 is 6.85 Å². The number of aryl methyl sites for hydroxylation is 1. The summed E-state index contributed by atoms with van der Waals surface area (Å²) in [7, 11) is 0. The van der Waals surface area contributed by atoms with E-state index in [4.69, 9.17) is 9.64 Å². The minimum atomic E-state index is -2.17. The van der Waals surface area contributed by atoms with Crippen LogP contribution in [0.1, 0.15) is 15.2 Å². The van der Waals surface area contributed by atoms with E-state index in [9.17, 15) is 0 Å². The molecular formula is C8H8N2. The number of nitrogens with zero attached hydrogens (tertiary/aromatic N) is 2. The van der Waals surface area contributed by atoms with Crippen molar-refractivity contribution in [3.63, 3.8) is 0 Å². The van der Waals surface area contributed by atoms with Gasteiger partial charge in [-0.15, -0.1) is 0 Å². The van der Waals surface area contributed by atoms with Gasteiger partial charge in [0.2, 0.25) is 0 Å². The first kappa shape index (κ1) is 3.69. The first-order chi connectivity index (χ1) is 6.05. The lowest BCUT2D eigenvalue weighted by atomic mass is 10.1. The van der Waals surface area contributed by atoms with Gasteiger partial charge < -0.3 is 5.53 Å². The Kier molecular flexibility index (Phi) is 1.09. The van der Waals surface area contributed by atoms with Gasteiger partial charge in [-0.2, -0.15) is 4.79 Å². The number of rotatable bonds is 1. The lowest BCUT2D eigenvalue weighted by molar-refractivity contribution is 0.00453. The molecule has 0 radical (unpaired) electrons. The van der Waals surface area contributed by atoms with Gasteiger partial charge in [0.15, 0.2) is 0 Å². The van der Waals surface area contributed by atoms with Crippen LogP contribution in [0.4, 0.5) is 0 Å². The van der Waals surface area contributed by atoms with Crippen molar-refractivity contribution in [1.82, 2.24) is 0 Å². The van der Waals surface area contributed by atoms with Crippen molar-refractivity contribution in [3.8, 4) is 0 Å². The van der Waals surface area contributed by atoms with E-state index in [1.807, 2.05) is 0 Å². The third-order valence-corrected chi connectivity index (χ3v) is 1.16. The van der Waals surface area contributed by atoms with Gasteiger partial charge in [0.25, 0.3) is 6.21 Å². The highest BCUT2D eigenvalue weighted by atomic mass is 14.8. The third-order valence-electron chi connectivity index (χ3n) is 1.16. The van der Waals surface area contributed by atoms with Gasteiger partial charge in [-0.25, -0.2) is 0 Å². The zero-order valence-corrected chi connectivity index (χ0v) is 5.28. The maximum Gasteiger partial charge on any atom is 0.288 e. The van der Waals surface area contributed by atoms with Crippen LogP contribution in [0.5, 0.6) is 0 Å². The highest BCUT2D eigenvalue weighted by Crippen LogP contribution is 2.01. The second-order valence-electron chi connectivity index (χ2n) is 1.83. The van der Waals surface area contributed by atoms with Crippen LogP contribution in [0.2, 0.25) is 0 Å². The molecule has 1 rings (SSSR count). The maximum absolute atomic E-state index is 8.30. The summed E-state index contributed by atoms with van der Waals surface area (Å²) in [5.41, 5.74) is 8.89. The van der Waals surface area contributed by atoms with E-state index in [1.165, 1.54) is 6.07 Å². The molecule has 0 saturated heterocycles. The summed E-state index contributed by atoms with van der Waals surface area (Å²) >= 11 is 0. The fourth-order valence-corrected chi connectivity index (χ4v) is 0.672. The fraction of sp³-hybridized carbons (Fsp3) is 0.125. The zero-order valence-electron chi connectivity index (χ0n) is 8.28. The second kappa shape index (κ2) is 2.95. The van der Waals surface area contributed by atoms with Crippen LogP contribution < -0.4 is 0 Å². The Morgan fingerprint density at radius 1 is 1.60 bits per heavy atom. The highest BCUT2D eigenvalue weighted by molar-refractivity contribution is 5.77. The molecule has 0 spiro atoms. The van der Waals surface area contributed by atoms with Crippen LogP contribution in [0.3, 0.4) is 0 Å². The van der Waals surface area contributed by atoms with Gasteiger partial charge in [-0.1, -0.05) is 18.2 Å². The molecule has 0 saturated carbocycles. The molecule has 2 nitrogen and oxygen atoms in total. The molecule has 0 atom stereocenters. The summed E-state index contributed by atoms with van der Waals surface area (Å²) in [6.45, 7) is -2.17. The molecule has 0 amide bonds. The van der Waals surface area contributed by atoms with Crippen molar-refractivity contribution >= 4 is 6.21 Å². The molecular weight excluding hydrogens is 124 g/mol. The van der Waals surface area contributed by atoms with E-state index in [0.29, 0.717) is 5.56 Å². The lowest BCUT2D eigenvalue weighted by Crippen LogP contribution is -1.84. The normalized spacial score (nSPS) is 14.2. The molecule has 0 aliphatic rings. The smallest absolute Gasteiger partial charge is 0.288 e. The summed E-state index contributed by atoms with van der Waals surface area (Å²) < 4.78 is 21.5. The minimum Gasteiger partial charge on any atom is -0.361 e. The molecule has 0 aromatic heterocycles. The highest BCUT2D eigenvalue weighted by Gasteiger charge is 1.93. The molecule has 1 aromatic rings. The monoisotopic (exact) mass is 135 g/mol. The van der Waals surface area contributed by atoms with Crippen LogP contribution in [-0.4, -0.2) is 11.0 Å². The summed E-state index contributed by atoms with van der Waals surface area (Å²) in [4.78, 5) is 2.81. The van der Waals surface area contributed by atoms with Crippen molar-refractivity contribution in [2.24, 2.45) is 0 Å². The van der Waals surface area contributed by atoms with Crippen LogP contribution in [0, 0.1) is 6.85 Å². The predicted molar refractivity (Wildman–Crippen MR) is 40.0 cm³/mol. The van der Waals surface area contributed by atoms with E-state index in [2.05, 4.69) is 4.79 Å². The average Bonchev–Trinajstić information content (AvgIpc) is 2.04. The Bertz CT molecular complexity index is 351. The molecule has 50 valence electrons. The van der Waals surface area contributed by atoms with Gasteiger partial charge in [0, 0.05) is 4.11 Å². The van der Waals surface area contributed by atoms with Crippen LogP contribution in [-0.2, 0) is 0 Å². The van der Waals surface area contributed by atoms with Gasteiger partial charge in [-0.3, -0.25) is 0 Å². The quantitative estimate of drug-likeness (QED) is 0.319. The molecule has 0 heterocycles. The molecule has 1 aromatic carbocycles. The summed E-state index contributed by atoms with van der Waals surface area (Å²) in [6.07, 6.45) is 1.11. The van der Waals surface area contributed by atoms with E-state index in [0.717, 1.165) is 6.21 Å².